The first-order valence-electron chi connectivity index (χ1n) is 11.2. The minimum Gasteiger partial charge on any atom is -0.460 e. The lowest BCUT2D eigenvalue weighted by molar-refractivity contribution is -0.154. The Morgan fingerprint density at radius 1 is 1.30 bits per heavy atom. The molecular formula is C26H38N4O2S. The van der Waals surface area contributed by atoms with Gasteiger partial charge in [-0.1, -0.05) is 44.7 Å². The van der Waals surface area contributed by atoms with Crippen LogP contribution in [0.5, 0.6) is 0 Å². The Balaban J connectivity index is 0.00000265. The molecule has 33 heavy (non-hydrogen) atoms. The van der Waals surface area contributed by atoms with Gasteiger partial charge in [0.2, 0.25) is 0 Å². The van der Waals surface area contributed by atoms with Crippen molar-refractivity contribution in [2.24, 2.45) is 4.99 Å². The summed E-state index contributed by atoms with van der Waals surface area (Å²) in [7, 11) is 0. The summed E-state index contributed by atoms with van der Waals surface area (Å²) < 4.78 is 5.49. The molecule has 0 radical (unpaired) electrons. The van der Waals surface area contributed by atoms with Crippen LogP contribution in [-0.4, -0.2) is 35.0 Å². The van der Waals surface area contributed by atoms with Crippen molar-refractivity contribution in [2.75, 3.05) is 4.90 Å². The number of nitrogens with one attached hydrogen (secondary N) is 2. The van der Waals surface area contributed by atoms with Crippen molar-refractivity contribution in [2.45, 2.75) is 80.4 Å². The largest absolute Gasteiger partial charge is 0.460 e. The second-order valence-corrected chi connectivity index (χ2v) is 9.61. The number of carbonyl (C=O) groups is 1. The number of anilines is 1. The Bertz CT molecular complexity index is 1010. The number of aryl methyl sites for hydroxylation is 1. The van der Waals surface area contributed by atoms with Crippen LogP contribution in [-0.2, 0) is 9.53 Å². The predicted molar refractivity (Wildman–Crippen MR) is 143 cm³/mol. The maximum atomic E-state index is 12.6. The van der Waals surface area contributed by atoms with E-state index >= 15 is 0 Å². The summed E-state index contributed by atoms with van der Waals surface area (Å²) >= 11 is 1.52. The average Bonchev–Trinajstić information content (AvgIpc) is 2.93. The molecule has 0 saturated heterocycles. The summed E-state index contributed by atoms with van der Waals surface area (Å²) in [5, 5.41) is 18.0. The predicted octanol–water partition coefficient (Wildman–Crippen LogP) is 6.76. The number of rotatable bonds is 5. The fourth-order valence-corrected chi connectivity index (χ4v) is 4.49. The van der Waals surface area contributed by atoms with Crippen LogP contribution in [0.25, 0.3) is 0 Å². The SMILES string of the molecule is C=C/C(=C\C=C/C)C1=NC(CC(=O)OC(C)(C)C)C(=N)N(C(C)=N)c2sc(C)c(C)c21.CC. The fraction of sp³-hybridized carbons (Fsp3) is 0.462. The van der Waals surface area contributed by atoms with Crippen LogP contribution in [0, 0.1) is 24.7 Å². The van der Waals surface area contributed by atoms with E-state index in [9.17, 15) is 4.79 Å². The Morgan fingerprint density at radius 3 is 2.39 bits per heavy atom. The van der Waals surface area contributed by atoms with E-state index in [2.05, 4.69) is 6.58 Å². The number of thiophene rings is 1. The number of hydrogen-bond donors (Lipinski definition) is 2. The van der Waals surface area contributed by atoms with Crippen LogP contribution in [0.1, 0.15) is 70.9 Å². The Hall–Kier alpha value is -2.80. The molecule has 7 heteroatoms. The van der Waals surface area contributed by atoms with Gasteiger partial charge >= 0.3 is 5.97 Å². The van der Waals surface area contributed by atoms with Crippen molar-refractivity contribution in [1.82, 2.24) is 0 Å². The number of hydrogen-bond acceptors (Lipinski definition) is 6. The highest BCUT2D eigenvalue weighted by molar-refractivity contribution is 7.17. The number of amidine groups is 2. The molecule has 6 nitrogen and oxygen atoms in total. The molecule has 0 bridgehead atoms. The summed E-state index contributed by atoms with van der Waals surface area (Å²) in [4.78, 5) is 20.2. The van der Waals surface area contributed by atoms with Gasteiger partial charge in [0.25, 0.3) is 0 Å². The van der Waals surface area contributed by atoms with Crippen molar-refractivity contribution >= 4 is 39.7 Å². The number of aliphatic imine (C=N–C) groups is 1. The summed E-state index contributed by atoms with van der Waals surface area (Å²) in [5.41, 5.74) is 2.77. The minimum atomic E-state index is -0.779. The molecular weight excluding hydrogens is 432 g/mol. The first-order valence-corrected chi connectivity index (χ1v) is 12.0. The van der Waals surface area contributed by atoms with Crippen molar-refractivity contribution in [3.8, 4) is 0 Å². The third-order valence-corrected chi connectivity index (χ3v) is 5.92. The monoisotopic (exact) mass is 470 g/mol. The zero-order chi connectivity index (χ0) is 25.5. The molecule has 1 atom stereocenters. The number of nitrogens with zero attached hydrogens (tertiary/aromatic N) is 2. The van der Waals surface area contributed by atoms with E-state index < -0.39 is 17.6 Å². The minimum absolute atomic E-state index is 0.0790. The van der Waals surface area contributed by atoms with Crippen LogP contribution in [0.3, 0.4) is 0 Å². The Morgan fingerprint density at radius 2 is 1.91 bits per heavy atom. The van der Waals surface area contributed by atoms with E-state index in [1.807, 2.05) is 73.6 Å². The van der Waals surface area contributed by atoms with Crippen LogP contribution in [0.2, 0.25) is 0 Å². The van der Waals surface area contributed by atoms with Crippen LogP contribution >= 0.6 is 11.3 Å². The molecule has 2 rings (SSSR count). The number of carbonyl (C=O) groups excluding carboxylic acids is 1. The first-order chi connectivity index (χ1) is 15.4. The molecule has 1 aliphatic rings. The second kappa shape index (κ2) is 11.9. The first kappa shape index (κ1) is 28.2. The lowest BCUT2D eigenvalue weighted by Crippen LogP contribution is -2.41. The van der Waals surface area contributed by atoms with Gasteiger partial charge in [-0.3, -0.25) is 25.5 Å². The van der Waals surface area contributed by atoms with Gasteiger partial charge in [0.1, 0.15) is 28.3 Å². The average molecular weight is 471 g/mol. The van der Waals surface area contributed by atoms with E-state index in [4.69, 9.17) is 20.5 Å². The van der Waals surface area contributed by atoms with Crippen molar-refractivity contribution < 1.29 is 9.53 Å². The molecule has 0 aliphatic carbocycles. The summed E-state index contributed by atoms with van der Waals surface area (Å²) in [6.45, 7) is 21.0. The van der Waals surface area contributed by atoms with Gasteiger partial charge in [-0.25, -0.2) is 0 Å². The highest BCUT2D eigenvalue weighted by Crippen LogP contribution is 2.40. The summed E-state index contributed by atoms with van der Waals surface area (Å²) in [5.74, 6) is -0.135. The van der Waals surface area contributed by atoms with Crippen LogP contribution in [0.4, 0.5) is 5.00 Å². The Labute approximate surface area is 202 Å². The molecule has 0 spiro atoms. The molecule has 1 aliphatic heterocycles. The van der Waals surface area contributed by atoms with Crippen molar-refractivity contribution in [3.63, 3.8) is 0 Å². The Kier molecular flexibility index (Phi) is 10.2. The van der Waals surface area contributed by atoms with E-state index in [1.54, 1.807) is 17.9 Å². The van der Waals surface area contributed by atoms with Gasteiger partial charge in [0.15, 0.2) is 0 Å². The molecule has 1 aromatic rings. The quantitative estimate of drug-likeness (QED) is 0.215. The normalized spacial score (nSPS) is 16.5. The second-order valence-electron chi connectivity index (χ2n) is 8.41. The van der Waals surface area contributed by atoms with Crippen LogP contribution in [0.15, 0.2) is 41.4 Å². The van der Waals surface area contributed by atoms with E-state index in [0.717, 1.165) is 26.6 Å². The molecule has 1 unspecified atom stereocenters. The van der Waals surface area contributed by atoms with E-state index in [0.29, 0.717) is 5.71 Å². The smallest absolute Gasteiger partial charge is 0.308 e. The zero-order valence-corrected chi connectivity index (χ0v) is 22.2. The number of esters is 1. The molecule has 1 aromatic heterocycles. The molecule has 180 valence electrons. The fourth-order valence-electron chi connectivity index (χ4n) is 3.26. The number of ether oxygens (including phenoxy) is 1. The third-order valence-electron chi connectivity index (χ3n) is 4.73. The van der Waals surface area contributed by atoms with Gasteiger partial charge in [-0.2, -0.15) is 0 Å². The van der Waals surface area contributed by atoms with E-state index in [-0.39, 0.29) is 18.1 Å². The van der Waals surface area contributed by atoms with Gasteiger partial charge in [-0.15, -0.1) is 11.3 Å². The van der Waals surface area contributed by atoms with Gasteiger partial charge in [0.05, 0.1) is 12.1 Å². The molecule has 2 N–H and O–H groups in total. The molecule has 0 fully saturated rings. The molecule has 2 heterocycles. The van der Waals surface area contributed by atoms with Gasteiger partial charge < -0.3 is 4.74 Å². The van der Waals surface area contributed by atoms with Crippen molar-refractivity contribution in [3.05, 3.63) is 52.5 Å². The molecule has 0 aromatic carbocycles. The lowest BCUT2D eigenvalue weighted by atomic mass is 9.99. The highest BCUT2D eigenvalue weighted by Gasteiger charge is 2.35. The standard InChI is InChI=1S/C24H32N4O2S.C2H6/c1-9-11-12-17(10-2)21-20-14(3)15(4)31-23(20)28(16(5)25)22(26)18(27-21)13-19(29)30-24(6,7)8;1-2/h9-12,18,25-26H,2,13H2,1,3-8H3;1-2H3/b11-9-,17-12+,25-16?,26-22?;. The lowest BCUT2D eigenvalue weighted by Gasteiger charge is -2.25. The number of fused-ring (bicyclic) bond motifs is 1. The molecule has 0 saturated carbocycles. The van der Waals surface area contributed by atoms with Gasteiger partial charge in [-0.05, 0) is 59.6 Å². The van der Waals surface area contributed by atoms with E-state index in [1.165, 1.54) is 11.3 Å². The topological polar surface area (TPSA) is 89.6 Å². The van der Waals surface area contributed by atoms with Crippen LogP contribution < -0.4 is 4.90 Å². The summed E-state index contributed by atoms with van der Waals surface area (Å²) in [6, 6.07) is -0.779. The maximum Gasteiger partial charge on any atom is 0.308 e. The number of allylic oxidation sites excluding steroid dienone is 5. The zero-order valence-electron chi connectivity index (χ0n) is 21.4. The molecule has 0 amide bonds. The third kappa shape index (κ3) is 6.84. The highest BCUT2D eigenvalue weighted by atomic mass is 32.1. The van der Waals surface area contributed by atoms with Crippen molar-refractivity contribution in [1.29, 1.82) is 10.8 Å². The maximum absolute atomic E-state index is 12.6. The summed E-state index contributed by atoms with van der Waals surface area (Å²) in [6.07, 6.45) is 7.40. The van der Waals surface area contributed by atoms with Gasteiger partial charge in [0, 0.05) is 10.4 Å².